The van der Waals surface area contributed by atoms with Crippen LogP contribution < -0.4 is 10.5 Å². The van der Waals surface area contributed by atoms with E-state index in [1.54, 1.807) is 7.11 Å². The minimum absolute atomic E-state index is 0.0585. The third-order valence-corrected chi connectivity index (χ3v) is 3.22. The van der Waals surface area contributed by atoms with Gasteiger partial charge in [-0.3, -0.25) is 0 Å². The van der Waals surface area contributed by atoms with E-state index in [2.05, 4.69) is 0 Å². The summed E-state index contributed by atoms with van der Waals surface area (Å²) >= 11 is 6.24. The Morgan fingerprint density at radius 1 is 1.11 bits per heavy atom. The van der Waals surface area contributed by atoms with E-state index >= 15 is 0 Å². The third-order valence-electron chi connectivity index (χ3n) is 2.89. The molecule has 0 saturated carbocycles. The van der Waals surface area contributed by atoms with Crippen molar-refractivity contribution in [2.45, 2.75) is 13.0 Å². The zero-order valence-corrected chi connectivity index (χ0v) is 11.2. The molecule has 1 unspecified atom stereocenters. The van der Waals surface area contributed by atoms with Gasteiger partial charge in [0.05, 0.1) is 7.11 Å². The van der Waals surface area contributed by atoms with Crippen LogP contribution in [-0.2, 0) is 0 Å². The Bertz CT molecular complexity index is 552. The first-order valence-electron chi connectivity index (χ1n) is 5.81. The van der Waals surface area contributed by atoms with Crippen LogP contribution in [0.5, 0.6) is 5.75 Å². The molecule has 2 N–H and O–H groups in total. The highest BCUT2D eigenvalue weighted by Crippen LogP contribution is 2.29. The minimum Gasteiger partial charge on any atom is -0.497 e. The predicted molar refractivity (Wildman–Crippen MR) is 76.0 cm³/mol. The molecular formula is C15H16ClNO. The van der Waals surface area contributed by atoms with Gasteiger partial charge in [0, 0.05) is 11.1 Å². The molecule has 0 radical (unpaired) electrons. The zero-order chi connectivity index (χ0) is 13.1. The molecular weight excluding hydrogens is 246 g/mol. The van der Waals surface area contributed by atoms with Gasteiger partial charge in [-0.15, -0.1) is 0 Å². The molecule has 0 heterocycles. The van der Waals surface area contributed by atoms with Crippen molar-refractivity contribution in [1.29, 1.82) is 0 Å². The summed E-state index contributed by atoms with van der Waals surface area (Å²) in [7, 11) is 1.66. The molecule has 0 spiro atoms. The Hall–Kier alpha value is -1.51. The Balaban J connectivity index is 2.42. The highest BCUT2D eigenvalue weighted by atomic mass is 35.5. The van der Waals surface area contributed by atoms with Crippen molar-refractivity contribution in [2.75, 3.05) is 7.11 Å². The second-order valence-electron chi connectivity index (χ2n) is 4.26. The molecule has 0 fully saturated rings. The van der Waals surface area contributed by atoms with Gasteiger partial charge in [0.1, 0.15) is 5.75 Å². The summed E-state index contributed by atoms with van der Waals surface area (Å²) in [6.07, 6.45) is 0. The second-order valence-corrected chi connectivity index (χ2v) is 4.66. The van der Waals surface area contributed by atoms with Crippen LogP contribution in [0.3, 0.4) is 0 Å². The Labute approximate surface area is 112 Å². The summed E-state index contributed by atoms with van der Waals surface area (Å²) in [5.41, 5.74) is 8.94. The highest BCUT2D eigenvalue weighted by molar-refractivity contribution is 6.31. The lowest BCUT2D eigenvalue weighted by molar-refractivity contribution is 0.415. The molecule has 0 aromatic heterocycles. The molecule has 2 nitrogen and oxygen atoms in total. The van der Waals surface area contributed by atoms with Crippen LogP contribution >= 0.6 is 11.6 Å². The van der Waals surface area contributed by atoms with Crippen molar-refractivity contribution in [2.24, 2.45) is 5.73 Å². The smallest absolute Gasteiger partial charge is 0.119 e. The van der Waals surface area contributed by atoms with Crippen molar-refractivity contribution in [3.05, 3.63) is 53.1 Å². The highest BCUT2D eigenvalue weighted by Gasteiger charge is 2.07. The summed E-state index contributed by atoms with van der Waals surface area (Å²) in [4.78, 5) is 0. The number of methoxy groups -OCH3 is 1. The molecule has 2 aromatic rings. The van der Waals surface area contributed by atoms with Crippen molar-refractivity contribution >= 4 is 11.6 Å². The van der Waals surface area contributed by atoms with Crippen LogP contribution in [0.25, 0.3) is 11.1 Å². The average molecular weight is 262 g/mol. The number of rotatable bonds is 3. The number of ether oxygens (including phenoxy) is 1. The first kappa shape index (κ1) is 12.9. The lowest BCUT2D eigenvalue weighted by Gasteiger charge is -2.11. The van der Waals surface area contributed by atoms with Crippen molar-refractivity contribution in [1.82, 2.24) is 0 Å². The zero-order valence-electron chi connectivity index (χ0n) is 10.5. The Morgan fingerprint density at radius 3 is 2.44 bits per heavy atom. The predicted octanol–water partition coefficient (Wildman–Crippen LogP) is 4.04. The fourth-order valence-electron chi connectivity index (χ4n) is 1.88. The Morgan fingerprint density at radius 2 is 1.83 bits per heavy atom. The summed E-state index contributed by atoms with van der Waals surface area (Å²) in [5, 5.41) is 0.699. The molecule has 94 valence electrons. The van der Waals surface area contributed by atoms with Gasteiger partial charge in [0.25, 0.3) is 0 Å². The molecule has 1 atom stereocenters. The molecule has 0 bridgehead atoms. The van der Waals surface area contributed by atoms with Crippen LogP contribution in [-0.4, -0.2) is 7.11 Å². The van der Waals surface area contributed by atoms with Crippen LogP contribution in [0.1, 0.15) is 18.5 Å². The van der Waals surface area contributed by atoms with E-state index in [1.165, 1.54) is 0 Å². The molecule has 2 aromatic carbocycles. The Kier molecular flexibility index (Phi) is 3.90. The molecule has 2 rings (SSSR count). The lowest BCUT2D eigenvalue weighted by atomic mass is 10.0. The molecule has 0 amide bonds. The van der Waals surface area contributed by atoms with E-state index in [-0.39, 0.29) is 6.04 Å². The monoisotopic (exact) mass is 261 g/mol. The SMILES string of the molecule is COc1cccc(-c2ccc(C(C)N)c(Cl)c2)c1. The van der Waals surface area contributed by atoms with Gasteiger partial charge in [-0.25, -0.2) is 0 Å². The van der Waals surface area contributed by atoms with Crippen LogP contribution in [0.2, 0.25) is 5.02 Å². The van der Waals surface area contributed by atoms with Gasteiger partial charge in [-0.2, -0.15) is 0 Å². The van der Waals surface area contributed by atoms with Gasteiger partial charge in [0.15, 0.2) is 0 Å². The number of nitrogens with two attached hydrogens (primary N) is 1. The summed E-state index contributed by atoms with van der Waals surface area (Å²) < 4.78 is 5.22. The van der Waals surface area contributed by atoms with Crippen molar-refractivity contribution < 1.29 is 4.74 Å². The first-order chi connectivity index (χ1) is 8.61. The second kappa shape index (κ2) is 5.42. The van der Waals surface area contributed by atoms with E-state index in [0.717, 1.165) is 22.4 Å². The minimum atomic E-state index is -0.0585. The maximum absolute atomic E-state index is 6.24. The molecule has 0 aliphatic rings. The standard InChI is InChI=1S/C15H16ClNO/c1-10(17)14-7-6-12(9-15(14)16)11-4-3-5-13(8-11)18-2/h3-10H,17H2,1-2H3. The topological polar surface area (TPSA) is 35.2 Å². The van der Waals surface area contributed by atoms with E-state index in [4.69, 9.17) is 22.1 Å². The fourth-order valence-corrected chi connectivity index (χ4v) is 2.23. The van der Waals surface area contributed by atoms with E-state index in [0.29, 0.717) is 5.02 Å². The van der Waals surface area contributed by atoms with Crippen molar-refractivity contribution in [3.8, 4) is 16.9 Å². The number of halogens is 1. The van der Waals surface area contributed by atoms with Gasteiger partial charge < -0.3 is 10.5 Å². The molecule has 0 aliphatic carbocycles. The van der Waals surface area contributed by atoms with Crippen LogP contribution in [0, 0.1) is 0 Å². The van der Waals surface area contributed by atoms with Crippen LogP contribution in [0.15, 0.2) is 42.5 Å². The fraction of sp³-hybridized carbons (Fsp3) is 0.200. The summed E-state index contributed by atoms with van der Waals surface area (Å²) in [6, 6.07) is 13.8. The average Bonchev–Trinajstić information content (AvgIpc) is 2.38. The third kappa shape index (κ3) is 2.66. The normalized spacial score (nSPS) is 12.2. The number of hydrogen-bond acceptors (Lipinski definition) is 2. The first-order valence-corrected chi connectivity index (χ1v) is 6.19. The lowest BCUT2D eigenvalue weighted by Crippen LogP contribution is -2.05. The van der Waals surface area contributed by atoms with Crippen LogP contribution in [0.4, 0.5) is 0 Å². The number of benzene rings is 2. The molecule has 3 heteroatoms. The molecule has 18 heavy (non-hydrogen) atoms. The van der Waals surface area contributed by atoms with Crippen molar-refractivity contribution in [3.63, 3.8) is 0 Å². The largest absolute Gasteiger partial charge is 0.497 e. The van der Waals surface area contributed by atoms with E-state index < -0.39 is 0 Å². The molecule has 0 aliphatic heterocycles. The van der Waals surface area contributed by atoms with Gasteiger partial charge >= 0.3 is 0 Å². The maximum Gasteiger partial charge on any atom is 0.119 e. The van der Waals surface area contributed by atoms with Gasteiger partial charge in [-0.1, -0.05) is 35.9 Å². The maximum atomic E-state index is 6.24. The van der Waals surface area contributed by atoms with E-state index in [1.807, 2.05) is 49.4 Å². The van der Waals surface area contributed by atoms with Gasteiger partial charge in [-0.05, 0) is 41.8 Å². The molecule has 0 saturated heterocycles. The van der Waals surface area contributed by atoms with Gasteiger partial charge in [0.2, 0.25) is 0 Å². The quantitative estimate of drug-likeness (QED) is 0.905. The summed E-state index contributed by atoms with van der Waals surface area (Å²) in [5.74, 6) is 0.833. The van der Waals surface area contributed by atoms with E-state index in [9.17, 15) is 0 Å². The number of hydrogen-bond donors (Lipinski definition) is 1. The summed E-state index contributed by atoms with van der Waals surface area (Å²) in [6.45, 7) is 1.92.